The van der Waals surface area contributed by atoms with Crippen LogP contribution in [0.4, 0.5) is 0 Å². The Morgan fingerprint density at radius 2 is 1.41 bits per heavy atom. The first-order valence-corrected chi connectivity index (χ1v) is 8.51. The highest BCUT2D eigenvalue weighted by atomic mass is 35.5. The number of benzene rings is 2. The maximum absolute atomic E-state index is 6.08. The summed E-state index contributed by atoms with van der Waals surface area (Å²) in [6.07, 6.45) is 2.48. The largest absolute Gasteiger partial charge is 0.0843 e. The summed E-state index contributed by atoms with van der Waals surface area (Å²) in [5, 5.41) is 0.797. The van der Waals surface area contributed by atoms with Gasteiger partial charge in [-0.1, -0.05) is 63.6 Å². The lowest BCUT2D eigenvalue weighted by molar-refractivity contribution is 0.332. The Morgan fingerprint density at radius 1 is 0.818 bits per heavy atom. The Balaban J connectivity index is 2.33. The summed E-state index contributed by atoms with van der Waals surface area (Å²) in [4.78, 5) is 0. The third-order valence-corrected chi connectivity index (χ3v) is 5.58. The smallest absolute Gasteiger partial charge is 0.0406 e. The van der Waals surface area contributed by atoms with Crippen LogP contribution in [-0.2, 0) is 10.8 Å². The van der Waals surface area contributed by atoms with Crippen molar-refractivity contribution in [3.63, 3.8) is 0 Å². The van der Waals surface area contributed by atoms with E-state index >= 15 is 0 Å². The molecule has 0 saturated carbocycles. The fourth-order valence-corrected chi connectivity index (χ4v) is 3.97. The quantitative estimate of drug-likeness (QED) is 0.552. The van der Waals surface area contributed by atoms with Gasteiger partial charge < -0.3 is 0 Å². The lowest BCUT2D eigenvalue weighted by Gasteiger charge is -2.43. The fourth-order valence-electron chi connectivity index (χ4n) is 3.85. The van der Waals surface area contributed by atoms with E-state index in [-0.39, 0.29) is 10.8 Å². The number of aryl methyl sites for hydroxylation is 1. The minimum absolute atomic E-state index is 0.214. The highest BCUT2D eigenvalue weighted by Crippen LogP contribution is 2.50. The van der Waals surface area contributed by atoms with Gasteiger partial charge in [0.05, 0.1) is 0 Å². The van der Waals surface area contributed by atoms with Gasteiger partial charge in [-0.15, -0.1) is 0 Å². The van der Waals surface area contributed by atoms with Crippen molar-refractivity contribution in [2.24, 2.45) is 0 Å². The number of rotatable bonds is 1. The Kier molecular flexibility index (Phi) is 3.64. The van der Waals surface area contributed by atoms with Crippen LogP contribution in [0.25, 0.3) is 11.1 Å². The zero-order chi connectivity index (χ0) is 16.1. The summed E-state index contributed by atoms with van der Waals surface area (Å²) in [5.74, 6) is 0. The highest BCUT2D eigenvalue weighted by molar-refractivity contribution is 6.30. The van der Waals surface area contributed by atoms with Crippen LogP contribution in [0.2, 0.25) is 5.02 Å². The van der Waals surface area contributed by atoms with Gasteiger partial charge >= 0.3 is 0 Å². The summed E-state index contributed by atoms with van der Waals surface area (Å²) in [6.45, 7) is 11.8. The fraction of sp³-hybridized carbons (Fsp3) is 0.429. The minimum Gasteiger partial charge on any atom is -0.0843 e. The Morgan fingerprint density at radius 3 is 2.05 bits per heavy atom. The second kappa shape index (κ2) is 5.13. The van der Waals surface area contributed by atoms with E-state index in [9.17, 15) is 0 Å². The number of halogens is 1. The minimum atomic E-state index is 0.214. The molecule has 0 N–H and O–H groups in total. The maximum atomic E-state index is 6.08. The second-order valence-corrected chi connectivity index (χ2v) is 8.39. The number of hydrogen-bond donors (Lipinski definition) is 0. The Bertz CT molecular complexity index is 705. The monoisotopic (exact) mass is 312 g/mol. The molecule has 0 fully saturated rings. The van der Waals surface area contributed by atoms with Crippen molar-refractivity contribution in [2.75, 3.05) is 0 Å². The van der Waals surface area contributed by atoms with Crippen LogP contribution >= 0.6 is 11.6 Å². The molecule has 2 aromatic rings. The van der Waals surface area contributed by atoms with Gasteiger partial charge in [-0.3, -0.25) is 0 Å². The van der Waals surface area contributed by atoms with Gasteiger partial charge in [0.25, 0.3) is 0 Å². The lowest BCUT2D eigenvalue weighted by Crippen LogP contribution is -2.34. The molecular weight excluding hydrogens is 288 g/mol. The molecule has 0 aliphatic heterocycles. The maximum Gasteiger partial charge on any atom is 0.0406 e. The summed E-state index contributed by atoms with van der Waals surface area (Å²) in [5.41, 5.74) is 7.56. The third kappa shape index (κ3) is 2.48. The van der Waals surface area contributed by atoms with Gasteiger partial charge in [-0.05, 0) is 70.5 Å². The van der Waals surface area contributed by atoms with Crippen molar-refractivity contribution in [2.45, 2.75) is 58.3 Å². The van der Waals surface area contributed by atoms with E-state index in [0.717, 1.165) is 5.02 Å². The molecule has 2 aromatic carbocycles. The molecule has 0 amide bonds. The highest BCUT2D eigenvalue weighted by Gasteiger charge is 2.39. The number of fused-ring (bicyclic) bond motifs is 1. The first kappa shape index (κ1) is 15.6. The molecular formula is C21H25Cl. The van der Waals surface area contributed by atoms with E-state index in [1.807, 2.05) is 12.1 Å². The molecule has 0 nitrogen and oxygen atoms in total. The summed E-state index contributed by atoms with van der Waals surface area (Å²) in [6, 6.07) is 12.9. The average molecular weight is 313 g/mol. The van der Waals surface area contributed by atoms with Crippen molar-refractivity contribution in [3.05, 3.63) is 58.1 Å². The van der Waals surface area contributed by atoms with Crippen LogP contribution in [0.5, 0.6) is 0 Å². The van der Waals surface area contributed by atoms with Crippen LogP contribution < -0.4 is 0 Å². The van der Waals surface area contributed by atoms with E-state index in [1.54, 1.807) is 0 Å². The Labute approximate surface area is 139 Å². The molecule has 0 heterocycles. The Hall–Kier alpha value is -1.27. The molecule has 0 aromatic heterocycles. The van der Waals surface area contributed by atoms with E-state index in [0.29, 0.717) is 0 Å². The van der Waals surface area contributed by atoms with Gasteiger partial charge in [0.15, 0.2) is 0 Å². The molecule has 116 valence electrons. The second-order valence-electron chi connectivity index (χ2n) is 7.95. The molecule has 0 radical (unpaired) electrons. The SMILES string of the molecule is Cc1ccc2c(c1-c1ccc(Cl)cc1)C(C)(C)CCC2(C)C. The van der Waals surface area contributed by atoms with Crippen molar-refractivity contribution in [1.82, 2.24) is 0 Å². The van der Waals surface area contributed by atoms with E-state index in [1.165, 1.54) is 40.7 Å². The van der Waals surface area contributed by atoms with Gasteiger partial charge in [0.1, 0.15) is 0 Å². The van der Waals surface area contributed by atoms with Gasteiger partial charge in [-0.2, -0.15) is 0 Å². The summed E-state index contributed by atoms with van der Waals surface area (Å²) in [7, 11) is 0. The predicted octanol–water partition coefficient (Wildman–Crippen LogP) is 6.66. The summed E-state index contributed by atoms with van der Waals surface area (Å²) >= 11 is 6.08. The average Bonchev–Trinajstić information content (AvgIpc) is 2.45. The molecule has 0 bridgehead atoms. The van der Waals surface area contributed by atoms with E-state index in [2.05, 4.69) is 58.9 Å². The standard InChI is InChI=1S/C21H25Cl/c1-14-6-11-17-19(21(4,5)13-12-20(17,2)3)18(14)15-7-9-16(22)10-8-15/h6-11H,12-13H2,1-5H3. The normalized spacial score (nSPS) is 18.8. The van der Waals surface area contributed by atoms with Crippen molar-refractivity contribution >= 4 is 11.6 Å². The zero-order valence-corrected chi connectivity index (χ0v) is 15.0. The van der Waals surface area contributed by atoms with Crippen LogP contribution in [-0.4, -0.2) is 0 Å². The van der Waals surface area contributed by atoms with E-state index in [4.69, 9.17) is 11.6 Å². The molecule has 0 unspecified atom stereocenters. The van der Waals surface area contributed by atoms with Crippen LogP contribution in [0.1, 0.15) is 57.2 Å². The first-order valence-electron chi connectivity index (χ1n) is 8.13. The lowest BCUT2D eigenvalue weighted by atomic mass is 9.61. The molecule has 22 heavy (non-hydrogen) atoms. The predicted molar refractivity (Wildman–Crippen MR) is 96.9 cm³/mol. The molecule has 1 heteroatoms. The molecule has 0 saturated heterocycles. The molecule has 0 spiro atoms. The first-order chi connectivity index (χ1) is 10.2. The molecule has 1 aliphatic rings. The molecule has 3 rings (SSSR count). The van der Waals surface area contributed by atoms with Crippen molar-refractivity contribution in [3.8, 4) is 11.1 Å². The van der Waals surface area contributed by atoms with E-state index < -0.39 is 0 Å². The number of hydrogen-bond acceptors (Lipinski definition) is 0. The van der Waals surface area contributed by atoms with Crippen LogP contribution in [0.15, 0.2) is 36.4 Å². The zero-order valence-electron chi connectivity index (χ0n) is 14.3. The third-order valence-electron chi connectivity index (χ3n) is 5.33. The van der Waals surface area contributed by atoms with Gasteiger partial charge in [0.2, 0.25) is 0 Å². The van der Waals surface area contributed by atoms with Crippen molar-refractivity contribution < 1.29 is 0 Å². The van der Waals surface area contributed by atoms with Crippen molar-refractivity contribution in [1.29, 1.82) is 0 Å². The molecule has 1 aliphatic carbocycles. The van der Waals surface area contributed by atoms with Crippen LogP contribution in [0, 0.1) is 6.92 Å². The topological polar surface area (TPSA) is 0 Å². The van der Waals surface area contributed by atoms with Gasteiger partial charge in [-0.25, -0.2) is 0 Å². The molecule has 0 atom stereocenters. The summed E-state index contributed by atoms with van der Waals surface area (Å²) < 4.78 is 0. The van der Waals surface area contributed by atoms with Crippen LogP contribution in [0.3, 0.4) is 0 Å². The van der Waals surface area contributed by atoms with Gasteiger partial charge in [0, 0.05) is 5.02 Å².